The van der Waals surface area contributed by atoms with Crippen LogP contribution in [0.4, 0.5) is 5.69 Å². The van der Waals surface area contributed by atoms with E-state index in [0.29, 0.717) is 17.4 Å². The van der Waals surface area contributed by atoms with Gasteiger partial charge < -0.3 is 23.9 Å². The predicted molar refractivity (Wildman–Crippen MR) is 121 cm³/mol. The van der Waals surface area contributed by atoms with Crippen LogP contribution in [0, 0.1) is 0 Å². The SMILES string of the molecule is COC(=O)c1cc(NC(=O)c2ccc(COc3ccc(C(C)C)cc3)o2)cc(C(=O)OC)c1. The van der Waals surface area contributed by atoms with Crippen LogP contribution in [0.1, 0.15) is 62.4 Å². The number of nitrogens with one attached hydrogen (secondary N) is 1. The average molecular weight is 451 g/mol. The summed E-state index contributed by atoms with van der Waals surface area (Å²) >= 11 is 0. The second kappa shape index (κ2) is 10.5. The zero-order valence-electron chi connectivity index (χ0n) is 18.8. The first-order valence-corrected chi connectivity index (χ1v) is 10.2. The first-order valence-electron chi connectivity index (χ1n) is 10.2. The fourth-order valence-corrected chi connectivity index (χ4v) is 3.04. The molecule has 2 aromatic carbocycles. The number of carbonyl (C=O) groups excluding carboxylic acids is 3. The molecule has 3 aromatic rings. The molecule has 1 amide bonds. The van der Waals surface area contributed by atoms with E-state index < -0.39 is 17.8 Å². The molecule has 1 N–H and O–H groups in total. The molecule has 8 nitrogen and oxygen atoms in total. The molecule has 0 aliphatic carbocycles. The molecule has 3 rings (SSSR count). The van der Waals surface area contributed by atoms with Crippen LogP contribution >= 0.6 is 0 Å². The molecule has 0 spiro atoms. The summed E-state index contributed by atoms with van der Waals surface area (Å²) in [6.07, 6.45) is 0. The molecule has 0 aliphatic heterocycles. The maximum absolute atomic E-state index is 12.6. The van der Waals surface area contributed by atoms with Crippen molar-refractivity contribution in [1.29, 1.82) is 0 Å². The highest BCUT2D eigenvalue weighted by Gasteiger charge is 2.17. The van der Waals surface area contributed by atoms with Crippen molar-refractivity contribution in [2.45, 2.75) is 26.4 Å². The van der Waals surface area contributed by atoms with Crippen LogP contribution in [0.15, 0.2) is 59.0 Å². The summed E-state index contributed by atoms with van der Waals surface area (Å²) in [6.45, 7) is 4.39. The Bertz CT molecular complexity index is 1110. The second-order valence-corrected chi connectivity index (χ2v) is 7.51. The Labute approximate surface area is 191 Å². The summed E-state index contributed by atoms with van der Waals surface area (Å²) in [5.41, 5.74) is 1.61. The summed E-state index contributed by atoms with van der Waals surface area (Å²) in [7, 11) is 2.44. The van der Waals surface area contributed by atoms with Crippen LogP contribution in [0.25, 0.3) is 0 Å². The van der Waals surface area contributed by atoms with Gasteiger partial charge in [0, 0.05) is 5.69 Å². The summed E-state index contributed by atoms with van der Waals surface area (Å²) in [4.78, 5) is 36.4. The van der Waals surface area contributed by atoms with E-state index in [1.165, 1.54) is 44.0 Å². The summed E-state index contributed by atoms with van der Waals surface area (Å²) in [6, 6.07) is 15.1. The number of methoxy groups -OCH3 is 2. The summed E-state index contributed by atoms with van der Waals surface area (Å²) in [5.74, 6) is -0.233. The smallest absolute Gasteiger partial charge is 0.337 e. The first kappa shape index (κ1) is 23.6. The minimum absolute atomic E-state index is 0.0480. The van der Waals surface area contributed by atoms with Crippen LogP contribution in [-0.4, -0.2) is 32.1 Å². The van der Waals surface area contributed by atoms with Crippen LogP contribution < -0.4 is 10.1 Å². The molecule has 172 valence electrons. The van der Waals surface area contributed by atoms with Gasteiger partial charge in [-0.15, -0.1) is 0 Å². The van der Waals surface area contributed by atoms with Crippen molar-refractivity contribution in [3.05, 3.63) is 82.8 Å². The van der Waals surface area contributed by atoms with Gasteiger partial charge in [0.25, 0.3) is 5.91 Å². The number of furan rings is 1. The molecule has 0 atom stereocenters. The van der Waals surface area contributed by atoms with Gasteiger partial charge in [-0.3, -0.25) is 4.79 Å². The number of esters is 2. The average Bonchev–Trinajstić information content (AvgIpc) is 3.31. The van der Waals surface area contributed by atoms with Gasteiger partial charge in [-0.1, -0.05) is 26.0 Å². The zero-order chi connectivity index (χ0) is 24.0. The van der Waals surface area contributed by atoms with Gasteiger partial charge in [-0.25, -0.2) is 9.59 Å². The Balaban J connectivity index is 1.68. The lowest BCUT2D eigenvalue weighted by Crippen LogP contribution is -2.13. The molecule has 0 saturated carbocycles. The fourth-order valence-electron chi connectivity index (χ4n) is 3.04. The van der Waals surface area contributed by atoms with E-state index in [2.05, 4.69) is 19.2 Å². The maximum Gasteiger partial charge on any atom is 0.337 e. The highest BCUT2D eigenvalue weighted by Crippen LogP contribution is 2.21. The van der Waals surface area contributed by atoms with Gasteiger partial charge in [0.05, 0.1) is 25.3 Å². The Hall–Kier alpha value is -4.07. The Morgan fingerprint density at radius 2 is 1.48 bits per heavy atom. The third-order valence-corrected chi connectivity index (χ3v) is 4.85. The topological polar surface area (TPSA) is 104 Å². The van der Waals surface area contributed by atoms with E-state index in [-0.39, 0.29) is 29.2 Å². The lowest BCUT2D eigenvalue weighted by Gasteiger charge is -2.09. The number of carbonyl (C=O) groups is 3. The quantitative estimate of drug-likeness (QED) is 0.490. The van der Waals surface area contributed by atoms with E-state index in [0.717, 1.165) is 0 Å². The van der Waals surface area contributed by atoms with Crippen LogP contribution in [0.5, 0.6) is 5.75 Å². The van der Waals surface area contributed by atoms with Crippen LogP contribution in [-0.2, 0) is 16.1 Å². The number of rotatable bonds is 8. The van der Waals surface area contributed by atoms with Gasteiger partial charge in [0.15, 0.2) is 5.76 Å². The molecule has 8 heteroatoms. The molecule has 1 aromatic heterocycles. The highest BCUT2D eigenvalue weighted by atomic mass is 16.5. The number of anilines is 1. The molecule has 0 bridgehead atoms. The van der Waals surface area contributed by atoms with Crippen molar-refractivity contribution in [3.63, 3.8) is 0 Å². The van der Waals surface area contributed by atoms with Gasteiger partial charge in [0.1, 0.15) is 18.1 Å². The van der Waals surface area contributed by atoms with Crippen LogP contribution in [0.2, 0.25) is 0 Å². The van der Waals surface area contributed by atoms with Gasteiger partial charge in [-0.05, 0) is 53.9 Å². The molecular weight excluding hydrogens is 426 g/mol. The minimum Gasteiger partial charge on any atom is -0.486 e. The molecule has 0 fully saturated rings. The van der Waals surface area contributed by atoms with E-state index in [4.69, 9.17) is 18.6 Å². The van der Waals surface area contributed by atoms with E-state index in [9.17, 15) is 14.4 Å². The lowest BCUT2D eigenvalue weighted by molar-refractivity contribution is 0.0599. The standard InChI is InChI=1S/C25H25NO7/c1-15(2)16-5-7-20(8-6-16)32-14-21-9-10-22(33-21)23(27)26-19-12-17(24(28)30-3)11-18(13-19)25(29)31-4/h5-13,15H,14H2,1-4H3,(H,26,27). The zero-order valence-corrected chi connectivity index (χ0v) is 18.8. The maximum atomic E-state index is 12.6. The molecule has 0 radical (unpaired) electrons. The predicted octanol–water partition coefficient (Wildman–Crippen LogP) is 4.81. The number of ether oxygens (including phenoxy) is 3. The van der Waals surface area contributed by atoms with Crippen molar-refractivity contribution in [1.82, 2.24) is 0 Å². The van der Waals surface area contributed by atoms with E-state index in [1.807, 2.05) is 24.3 Å². The van der Waals surface area contributed by atoms with Crippen molar-refractivity contribution in [2.75, 3.05) is 19.5 Å². The molecule has 0 saturated heterocycles. The Morgan fingerprint density at radius 1 is 0.879 bits per heavy atom. The molecule has 0 aliphatic rings. The van der Waals surface area contributed by atoms with Gasteiger partial charge in [-0.2, -0.15) is 0 Å². The van der Waals surface area contributed by atoms with Crippen molar-refractivity contribution >= 4 is 23.5 Å². The normalized spacial score (nSPS) is 10.6. The Kier molecular flexibility index (Phi) is 7.50. The Morgan fingerprint density at radius 3 is 2.03 bits per heavy atom. The number of hydrogen-bond donors (Lipinski definition) is 1. The lowest BCUT2D eigenvalue weighted by atomic mass is 10.0. The monoisotopic (exact) mass is 451 g/mol. The molecular formula is C25H25NO7. The number of hydrogen-bond acceptors (Lipinski definition) is 7. The molecule has 0 unspecified atom stereocenters. The third-order valence-electron chi connectivity index (χ3n) is 4.85. The third kappa shape index (κ3) is 6.00. The number of benzene rings is 2. The van der Waals surface area contributed by atoms with Crippen molar-refractivity contribution in [3.8, 4) is 5.75 Å². The van der Waals surface area contributed by atoms with E-state index in [1.54, 1.807) is 6.07 Å². The molecule has 1 heterocycles. The van der Waals surface area contributed by atoms with Crippen molar-refractivity contribution in [2.24, 2.45) is 0 Å². The number of amides is 1. The van der Waals surface area contributed by atoms with Crippen LogP contribution in [0.3, 0.4) is 0 Å². The van der Waals surface area contributed by atoms with Gasteiger partial charge in [0.2, 0.25) is 0 Å². The van der Waals surface area contributed by atoms with Gasteiger partial charge >= 0.3 is 11.9 Å². The first-order chi connectivity index (χ1) is 15.8. The largest absolute Gasteiger partial charge is 0.486 e. The molecule has 33 heavy (non-hydrogen) atoms. The summed E-state index contributed by atoms with van der Waals surface area (Å²) in [5, 5.41) is 2.61. The fraction of sp³-hybridized carbons (Fsp3) is 0.240. The highest BCUT2D eigenvalue weighted by molar-refractivity contribution is 6.04. The second-order valence-electron chi connectivity index (χ2n) is 7.51. The minimum atomic E-state index is -0.657. The van der Waals surface area contributed by atoms with Crippen molar-refractivity contribution < 1.29 is 33.0 Å². The summed E-state index contributed by atoms with van der Waals surface area (Å²) < 4.78 is 20.7. The van der Waals surface area contributed by atoms with E-state index >= 15 is 0 Å².